The average molecular weight is 335 g/mol. The molecule has 0 aliphatic heterocycles. The summed E-state index contributed by atoms with van der Waals surface area (Å²) < 4.78 is 0. The van der Waals surface area contributed by atoms with Gasteiger partial charge in [0.1, 0.15) is 0 Å². The molecule has 126 valence electrons. The van der Waals surface area contributed by atoms with Crippen LogP contribution in [0.3, 0.4) is 0 Å². The molecule has 0 N–H and O–H groups in total. The van der Waals surface area contributed by atoms with Gasteiger partial charge in [0, 0.05) is 11.4 Å². The molecule has 0 saturated heterocycles. The maximum atomic E-state index is 4.54. The topological polar surface area (TPSA) is 12.9 Å². The smallest absolute Gasteiger partial charge is 0.0382 e. The predicted molar refractivity (Wildman–Crippen MR) is 110 cm³/mol. The second-order valence-corrected chi connectivity index (χ2v) is 6.60. The van der Waals surface area contributed by atoms with Gasteiger partial charge in [0.05, 0.1) is 0 Å². The summed E-state index contributed by atoms with van der Waals surface area (Å²) in [4.78, 5) is 4.54. The molecule has 1 heteroatoms. The fourth-order valence-corrected chi connectivity index (χ4v) is 3.56. The lowest BCUT2D eigenvalue weighted by Crippen LogP contribution is -1.93. The molecule has 0 saturated carbocycles. The van der Waals surface area contributed by atoms with Crippen LogP contribution in [-0.4, -0.2) is 4.98 Å². The van der Waals surface area contributed by atoms with E-state index in [0.29, 0.717) is 0 Å². The van der Waals surface area contributed by atoms with Crippen molar-refractivity contribution in [3.63, 3.8) is 0 Å². The molecule has 4 rings (SSSR count). The number of pyridine rings is 1. The largest absolute Gasteiger partial charge is 0.258 e. The molecule has 0 atom stereocenters. The number of hydrogen-bond acceptors (Lipinski definition) is 1. The molecule has 26 heavy (non-hydrogen) atoms. The molecular weight excluding hydrogens is 314 g/mol. The van der Waals surface area contributed by atoms with Crippen LogP contribution in [-0.2, 0) is 0 Å². The normalized spacial score (nSPS) is 10.7. The van der Waals surface area contributed by atoms with E-state index in [1.165, 1.54) is 33.4 Å². The summed E-state index contributed by atoms with van der Waals surface area (Å²) in [5.41, 5.74) is 9.53. The number of rotatable bonds is 3. The Balaban J connectivity index is 2.03. The zero-order valence-corrected chi connectivity index (χ0v) is 15.1. The fraction of sp³-hybridized carbons (Fsp3) is 0.0800. The van der Waals surface area contributed by atoms with Crippen LogP contribution in [0.1, 0.15) is 11.4 Å². The summed E-state index contributed by atoms with van der Waals surface area (Å²) in [7, 11) is 0. The molecule has 4 aromatic rings. The van der Waals surface area contributed by atoms with E-state index in [0.717, 1.165) is 11.4 Å². The number of benzene rings is 3. The van der Waals surface area contributed by atoms with E-state index in [1.54, 1.807) is 0 Å². The van der Waals surface area contributed by atoms with Crippen molar-refractivity contribution < 1.29 is 0 Å². The maximum Gasteiger partial charge on any atom is 0.0382 e. The van der Waals surface area contributed by atoms with Crippen molar-refractivity contribution in [2.75, 3.05) is 0 Å². The van der Waals surface area contributed by atoms with Crippen LogP contribution in [0.25, 0.3) is 33.4 Å². The molecule has 0 aliphatic carbocycles. The summed E-state index contributed by atoms with van der Waals surface area (Å²) in [5.74, 6) is 0. The van der Waals surface area contributed by atoms with Crippen molar-refractivity contribution in [3.05, 3.63) is 102 Å². The van der Waals surface area contributed by atoms with E-state index in [4.69, 9.17) is 0 Å². The molecular formula is C25H21N. The first-order valence-corrected chi connectivity index (χ1v) is 8.92. The van der Waals surface area contributed by atoms with Gasteiger partial charge in [-0.3, -0.25) is 4.98 Å². The highest BCUT2D eigenvalue weighted by Crippen LogP contribution is 2.40. The predicted octanol–water partition coefficient (Wildman–Crippen LogP) is 6.70. The van der Waals surface area contributed by atoms with Crippen molar-refractivity contribution in [2.45, 2.75) is 13.8 Å². The number of aromatic nitrogens is 1. The van der Waals surface area contributed by atoms with Gasteiger partial charge in [-0.15, -0.1) is 0 Å². The minimum absolute atomic E-state index is 1.05. The van der Waals surface area contributed by atoms with Crippen molar-refractivity contribution in [1.82, 2.24) is 4.98 Å². The first-order valence-electron chi connectivity index (χ1n) is 8.92. The maximum absolute atomic E-state index is 4.54. The van der Waals surface area contributed by atoms with Gasteiger partial charge in [0.2, 0.25) is 0 Å². The summed E-state index contributed by atoms with van der Waals surface area (Å²) in [6.45, 7) is 4.11. The van der Waals surface area contributed by atoms with E-state index in [9.17, 15) is 0 Å². The molecule has 3 aromatic carbocycles. The first-order chi connectivity index (χ1) is 12.7. The second kappa shape index (κ2) is 6.97. The van der Waals surface area contributed by atoms with Crippen molar-refractivity contribution in [1.29, 1.82) is 0 Å². The Morgan fingerprint density at radius 1 is 0.500 bits per heavy atom. The molecule has 0 bridgehead atoms. The molecule has 1 aromatic heterocycles. The van der Waals surface area contributed by atoms with Crippen LogP contribution in [0.4, 0.5) is 0 Å². The second-order valence-electron chi connectivity index (χ2n) is 6.60. The van der Waals surface area contributed by atoms with Gasteiger partial charge in [-0.1, -0.05) is 78.9 Å². The molecule has 0 spiro atoms. The molecule has 0 aliphatic rings. The summed E-state index contributed by atoms with van der Waals surface area (Å²) in [6.07, 6.45) is 0. The van der Waals surface area contributed by atoms with Crippen molar-refractivity contribution in [2.24, 2.45) is 0 Å². The Hall–Kier alpha value is -3.19. The van der Waals surface area contributed by atoms with Gasteiger partial charge in [-0.05, 0) is 59.4 Å². The molecule has 1 nitrogen and oxygen atoms in total. The summed E-state index contributed by atoms with van der Waals surface area (Å²) in [6, 6.07) is 32.2. The van der Waals surface area contributed by atoms with Crippen LogP contribution in [0.2, 0.25) is 0 Å². The van der Waals surface area contributed by atoms with Crippen LogP contribution >= 0.6 is 0 Å². The third-order valence-electron chi connectivity index (χ3n) is 4.60. The highest BCUT2D eigenvalue weighted by molar-refractivity contribution is 5.94. The SMILES string of the molecule is Cc1cc(-c2cccc(-c3ccccc3)c2-c2ccccc2)cc(C)n1. The van der Waals surface area contributed by atoms with Gasteiger partial charge >= 0.3 is 0 Å². The number of aryl methyl sites for hydroxylation is 2. The molecule has 0 unspecified atom stereocenters. The Kier molecular flexibility index (Phi) is 4.37. The summed E-state index contributed by atoms with van der Waals surface area (Å²) in [5, 5.41) is 0. The van der Waals surface area contributed by atoms with Crippen molar-refractivity contribution >= 4 is 0 Å². The zero-order valence-electron chi connectivity index (χ0n) is 15.1. The lowest BCUT2D eigenvalue weighted by molar-refractivity contribution is 1.12. The third kappa shape index (κ3) is 3.16. The van der Waals surface area contributed by atoms with Gasteiger partial charge in [-0.25, -0.2) is 0 Å². The van der Waals surface area contributed by atoms with E-state index in [1.807, 2.05) is 0 Å². The Labute approximate surface area is 155 Å². The van der Waals surface area contributed by atoms with Crippen molar-refractivity contribution in [3.8, 4) is 33.4 Å². The molecule has 1 heterocycles. The van der Waals surface area contributed by atoms with E-state index >= 15 is 0 Å². The monoisotopic (exact) mass is 335 g/mol. The van der Waals surface area contributed by atoms with Gasteiger partial charge in [-0.2, -0.15) is 0 Å². The minimum Gasteiger partial charge on any atom is -0.258 e. The Morgan fingerprint density at radius 2 is 1.00 bits per heavy atom. The van der Waals surface area contributed by atoms with Gasteiger partial charge in [0.15, 0.2) is 0 Å². The fourth-order valence-electron chi connectivity index (χ4n) is 3.56. The first kappa shape index (κ1) is 16.3. The Bertz CT molecular complexity index is 1010. The lowest BCUT2D eigenvalue weighted by atomic mass is 9.87. The molecule has 0 amide bonds. The van der Waals surface area contributed by atoms with Crippen LogP contribution in [0.15, 0.2) is 91.0 Å². The van der Waals surface area contributed by atoms with E-state index in [2.05, 4.69) is 110 Å². The number of hydrogen-bond donors (Lipinski definition) is 0. The highest BCUT2D eigenvalue weighted by atomic mass is 14.7. The quantitative estimate of drug-likeness (QED) is 0.406. The number of nitrogens with zero attached hydrogens (tertiary/aromatic N) is 1. The zero-order chi connectivity index (χ0) is 17.9. The molecule has 0 fully saturated rings. The minimum atomic E-state index is 1.05. The molecule has 0 radical (unpaired) electrons. The van der Waals surface area contributed by atoms with Gasteiger partial charge < -0.3 is 0 Å². The van der Waals surface area contributed by atoms with Crippen LogP contribution in [0, 0.1) is 13.8 Å². The Morgan fingerprint density at radius 3 is 1.58 bits per heavy atom. The van der Waals surface area contributed by atoms with Gasteiger partial charge in [0.25, 0.3) is 0 Å². The van der Waals surface area contributed by atoms with Crippen LogP contribution in [0.5, 0.6) is 0 Å². The third-order valence-corrected chi connectivity index (χ3v) is 4.60. The van der Waals surface area contributed by atoms with E-state index in [-0.39, 0.29) is 0 Å². The summed E-state index contributed by atoms with van der Waals surface area (Å²) >= 11 is 0. The lowest BCUT2D eigenvalue weighted by Gasteiger charge is -2.17. The highest BCUT2D eigenvalue weighted by Gasteiger charge is 2.14. The van der Waals surface area contributed by atoms with E-state index < -0.39 is 0 Å². The average Bonchev–Trinajstić information content (AvgIpc) is 2.68. The van der Waals surface area contributed by atoms with Crippen LogP contribution < -0.4 is 0 Å². The standard InChI is InChI=1S/C25H21N/c1-18-16-22(17-19(2)26-18)24-15-9-14-23(20-10-5-3-6-11-20)25(24)21-12-7-4-8-13-21/h3-17H,1-2H3.